The molecule has 0 aliphatic carbocycles. The van der Waals surface area contributed by atoms with Crippen molar-refractivity contribution >= 4 is 5.97 Å². The molecule has 0 bridgehead atoms. The standard InChI is InChI=1S/C7HF4O2.Y/c8-3-1-2(7(12)13)4(9)6(11)5(3)10;/h(H,12,13);/q-1;. The summed E-state index contributed by atoms with van der Waals surface area (Å²) in [5, 5.41) is 8.18. The maximum Gasteiger partial charge on any atom is 0.250 e. The fourth-order valence-electron chi connectivity index (χ4n) is 0.669. The summed E-state index contributed by atoms with van der Waals surface area (Å²) in [4.78, 5) is 10.1. The Hall–Kier alpha value is -0.486. The van der Waals surface area contributed by atoms with Gasteiger partial charge in [0.1, 0.15) is 11.6 Å². The van der Waals surface area contributed by atoms with Gasteiger partial charge in [0.15, 0.2) is 0 Å². The van der Waals surface area contributed by atoms with E-state index in [2.05, 4.69) is 0 Å². The van der Waals surface area contributed by atoms with Crippen molar-refractivity contribution in [2.75, 3.05) is 0 Å². The van der Waals surface area contributed by atoms with Crippen molar-refractivity contribution in [3.05, 3.63) is 34.9 Å². The van der Waals surface area contributed by atoms with Crippen LogP contribution in [0.25, 0.3) is 0 Å². The van der Waals surface area contributed by atoms with E-state index in [4.69, 9.17) is 5.11 Å². The fraction of sp³-hybridized carbons (Fsp3) is 0. The number of halogens is 4. The van der Waals surface area contributed by atoms with E-state index in [1.807, 2.05) is 0 Å². The van der Waals surface area contributed by atoms with Crippen LogP contribution in [0.4, 0.5) is 17.6 Å². The van der Waals surface area contributed by atoms with E-state index in [0.29, 0.717) is 0 Å². The first kappa shape index (κ1) is 13.5. The SMILES string of the molecule is O=C(O)c1[c-]c(F)c(F)c(F)c1F.[Y]. The smallest absolute Gasteiger partial charge is 0.250 e. The van der Waals surface area contributed by atoms with Crippen molar-refractivity contribution in [1.82, 2.24) is 0 Å². The summed E-state index contributed by atoms with van der Waals surface area (Å²) >= 11 is 0. The van der Waals surface area contributed by atoms with E-state index in [1.54, 1.807) is 0 Å². The zero-order valence-corrected chi connectivity index (χ0v) is 9.28. The van der Waals surface area contributed by atoms with Crippen molar-refractivity contribution < 1.29 is 60.2 Å². The molecule has 0 amide bonds. The minimum atomic E-state index is -2.16. The van der Waals surface area contributed by atoms with Gasteiger partial charge >= 0.3 is 0 Å². The van der Waals surface area contributed by atoms with E-state index in [1.165, 1.54) is 6.07 Å². The largest absolute Gasteiger partial charge is 0.521 e. The van der Waals surface area contributed by atoms with Crippen LogP contribution in [0.2, 0.25) is 0 Å². The molecular formula is C7HF4O2Y-. The number of benzene rings is 1. The molecule has 7 heteroatoms. The Labute approximate surface area is 101 Å². The van der Waals surface area contributed by atoms with Gasteiger partial charge < -0.3 is 9.90 Å². The van der Waals surface area contributed by atoms with Crippen LogP contribution < -0.4 is 0 Å². The topological polar surface area (TPSA) is 37.3 Å². The number of carboxylic acid groups (broad SMARTS) is 1. The summed E-state index contributed by atoms with van der Waals surface area (Å²) in [6.45, 7) is 0. The average molecular weight is 282 g/mol. The molecule has 0 saturated carbocycles. The third-order valence-electron chi connectivity index (χ3n) is 1.25. The van der Waals surface area contributed by atoms with E-state index < -0.39 is 34.8 Å². The molecule has 0 spiro atoms. The minimum absolute atomic E-state index is 0. The van der Waals surface area contributed by atoms with Crippen molar-refractivity contribution in [1.29, 1.82) is 0 Å². The molecule has 1 rings (SSSR count). The molecule has 0 aromatic heterocycles. The van der Waals surface area contributed by atoms with E-state index in [0.717, 1.165) is 0 Å². The Kier molecular flexibility index (Phi) is 4.67. The Morgan fingerprint density at radius 2 is 1.57 bits per heavy atom. The second-order valence-corrected chi connectivity index (χ2v) is 2.06. The maximum absolute atomic E-state index is 12.5. The van der Waals surface area contributed by atoms with E-state index in [-0.39, 0.29) is 32.7 Å². The van der Waals surface area contributed by atoms with Gasteiger partial charge in [-0.1, -0.05) is 6.07 Å². The van der Waals surface area contributed by atoms with Gasteiger partial charge in [-0.25, -0.2) is 8.78 Å². The third-order valence-corrected chi connectivity index (χ3v) is 1.25. The van der Waals surface area contributed by atoms with Crippen molar-refractivity contribution in [2.45, 2.75) is 0 Å². The van der Waals surface area contributed by atoms with Crippen LogP contribution in [-0.2, 0) is 32.7 Å². The van der Waals surface area contributed by atoms with Crippen LogP contribution in [0, 0.1) is 29.3 Å². The average Bonchev–Trinajstić information content (AvgIpc) is 2.07. The molecule has 0 atom stereocenters. The fourth-order valence-corrected chi connectivity index (χ4v) is 0.669. The molecule has 0 unspecified atom stereocenters. The summed E-state index contributed by atoms with van der Waals surface area (Å²) in [5.74, 6) is -9.99. The summed E-state index contributed by atoms with van der Waals surface area (Å²) in [5.41, 5.74) is -1.36. The van der Waals surface area contributed by atoms with Gasteiger partial charge in [0, 0.05) is 32.7 Å². The van der Waals surface area contributed by atoms with Crippen LogP contribution in [0.5, 0.6) is 0 Å². The van der Waals surface area contributed by atoms with Crippen LogP contribution in [-0.4, -0.2) is 11.1 Å². The zero-order chi connectivity index (χ0) is 10.2. The molecule has 1 N–H and O–H groups in total. The zero-order valence-electron chi connectivity index (χ0n) is 6.44. The second-order valence-electron chi connectivity index (χ2n) is 2.06. The number of hydrogen-bond acceptors (Lipinski definition) is 1. The molecule has 0 aliphatic rings. The van der Waals surface area contributed by atoms with Crippen LogP contribution >= 0.6 is 0 Å². The van der Waals surface area contributed by atoms with Gasteiger partial charge in [-0.3, -0.25) is 8.78 Å². The molecule has 73 valence electrons. The van der Waals surface area contributed by atoms with Crippen LogP contribution in [0.3, 0.4) is 0 Å². The van der Waals surface area contributed by atoms with Gasteiger partial charge in [-0.05, 0) is 5.56 Å². The van der Waals surface area contributed by atoms with Gasteiger partial charge in [0.25, 0.3) is 5.97 Å². The normalized spacial score (nSPS) is 9.43. The Morgan fingerprint density at radius 3 is 2.00 bits per heavy atom. The van der Waals surface area contributed by atoms with Gasteiger partial charge in [0.2, 0.25) is 0 Å². The van der Waals surface area contributed by atoms with Crippen molar-refractivity contribution in [2.24, 2.45) is 0 Å². The number of aromatic carboxylic acids is 1. The molecule has 1 aromatic carbocycles. The van der Waals surface area contributed by atoms with Gasteiger partial charge in [0.05, 0.1) is 11.6 Å². The third kappa shape index (κ3) is 2.30. The molecule has 14 heavy (non-hydrogen) atoms. The number of rotatable bonds is 1. The Morgan fingerprint density at radius 1 is 1.07 bits per heavy atom. The molecule has 0 aliphatic heterocycles. The van der Waals surface area contributed by atoms with Crippen molar-refractivity contribution in [3.63, 3.8) is 0 Å². The number of hydrogen-bond donors (Lipinski definition) is 1. The predicted molar refractivity (Wildman–Crippen MR) is 32.1 cm³/mol. The molecular weight excluding hydrogens is 281 g/mol. The summed E-state index contributed by atoms with van der Waals surface area (Å²) in [6, 6.07) is 1.23. The minimum Gasteiger partial charge on any atom is -0.521 e. The van der Waals surface area contributed by atoms with Crippen LogP contribution in [0.15, 0.2) is 0 Å². The van der Waals surface area contributed by atoms with Crippen LogP contribution in [0.1, 0.15) is 10.4 Å². The summed E-state index contributed by atoms with van der Waals surface area (Å²) in [6.07, 6.45) is 0. The molecule has 1 aromatic rings. The quantitative estimate of drug-likeness (QED) is 0.369. The first-order valence-corrected chi connectivity index (χ1v) is 2.93. The molecule has 0 fully saturated rings. The van der Waals surface area contributed by atoms with E-state index in [9.17, 15) is 22.4 Å². The second kappa shape index (κ2) is 4.84. The number of carboxylic acids is 1. The predicted octanol–water partition coefficient (Wildman–Crippen LogP) is 1.74. The Bertz CT molecular complexity index is 380. The maximum atomic E-state index is 12.5. The Balaban J connectivity index is 0.00000169. The first-order valence-electron chi connectivity index (χ1n) is 2.93. The monoisotopic (exact) mass is 282 g/mol. The summed E-state index contributed by atoms with van der Waals surface area (Å²) in [7, 11) is 0. The molecule has 1 radical (unpaired) electrons. The summed E-state index contributed by atoms with van der Waals surface area (Å²) < 4.78 is 49.3. The molecule has 0 saturated heterocycles. The molecule has 0 heterocycles. The van der Waals surface area contributed by atoms with E-state index >= 15 is 0 Å². The first-order chi connectivity index (χ1) is 5.95. The molecule has 2 nitrogen and oxygen atoms in total. The number of carbonyl (C=O) groups is 1. The van der Waals surface area contributed by atoms with Gasteiger partial charge in [-0.15, -0.1) is 0 Å². The van der Waals surface area contributed by atoms with Gasteiger partial charge in [-0.2, -0.15) is 0 Å². The van der Waals surface area contributed by atoms with Crippen molar-refractivity contribution in [3.8, 4) is 0 Å².